The lowest BCUT2D eigenvalue weighted by molar-refractivity contribution is -0.647. The Morgan fingerprint density at radius 3 is 2.55 bits per heavy atom. The van der Waals surface area contributed by atoms with Crippen LogP contribution in [0.2, 0.25) is 0 Å². The van der Waals surface area contributed by atoms with Crippen molar-refractivity contribution in [2.24, 2.45) is 0 Å². The van der Waals surface area contributed by atoms with Crippen molar-refractivity contribution in [1.82, 2.24) is 5.10 Å². The van der Waals surface area contributed by atoms with Crippen LogP contribution in [0.1, 0.15) is 25.1 Å². The van der Waals surface area contributed by atoms with E-state index in [1.54, 1.807) is 0 Å². The van der Waals surface area contributed by atoms with Crippen molar-refractivity contribution in [2.45, 2.75) is 26.7 Å². The van der Waals surface area contributed by atoms with Crippen LogP contribution in [-0.4, -0.2) is 12.1 Å². The molecule has 0 saturated carbocycles. The Morgan fingerprint density at radius 1 is 1.05 bits per heavy atom. The average Bonchev–Trinajstić information content (AvgIpc) is 2.58. The molecule has 0 fully saturated rings. The molecule has 4 rings (SSSR count). The van der Waals surface area contributed by atoms with Gasteiger partial charge in [-0.15, -0.1) is 0 Å². The van der Waals surface area contributed by atoms with E-state index in [1.165, 1.54) is 33.4 Å². The van der Waals surface area contributed by atoms with Crippen LogP contribution >= 0.6 is 0 Å². The lowest BCUT2D eigenvalue weighted by Crippen LogP contribution is -2.44. The Kier molecular flexibility index (Phi) is 2.89. The molecular formula is C19H20N3+. The molecule has 1 aliphatic heterocycles. The lowest BCUT2D eigenvalue weighted by Gasteiger charge is -2.23. The maximum atomic E-state index is 4.95. The molecule has 3 heteroatoms. The first-order valence-corrected chi connectivity index (χ1v) is 7.95. The van der Waals surface area contributed by atoms with Crippen LogP contribution in [0.5, 0.6) is 0 Å². The number of aromatic nitrogens is 2. The second kappa shape index (κ2) is 4.80. The number of nitrogens with zero attached hydrogens (tertiary/aromatic N) is 3. The molecule has 110 valence electrons. The molecule has 1 aromatic heterocycles. The summed E-state index contributed by atoms with van der Waals surface area (Å²) >= 11 is 0. The number of rotatable bonds is 2. The summed E-state index contributed by atoms with van der Waals surface area (Å²) in [5, 5.41) is 7.50. The van der Waals surface area contributed by atoms with Crippen LogP contribution < -0.4 is 9.58 Å². The third kappa shape index (κ3) is 1.68. The first kappa shape index (κ1) is 13.3. The van der Waals surface area contributed by atoms with Gasteiger partial charge in [0.2, 0.25) is 0 Å². The number of hydrogen-bond donors (Lipinski definition) is 0. The molecule has 0 aliphatic carbocycles. The first-order valence-electron chi connectivity index (χ1n) is 7.95. The van der Waals surface area contributed by atoms with E-state index in [0.29, 0.717) is 0 Å². The minimum Gasteiger partial charge on any atom is -0.227 e. The van der Waals surface area contributed by atoms with Crippen LogP contribution in [0, 0.1) is 0 Å². The summed E-state index contributed by atoms with van der Waals surface area (Å²) < 4.78 is 2.10. The fourth-order valence-electron chi connectivity index (χ4n) is 3.44. The Morgan fingerprint density at radius 2 is 1.82 bits per heavy atom. The fourth-order valence-corrected chi connectivity index (χ4v) is 3.44. The second-order valence-electron chi connectivity index (χ2n) is 5.80. The van der Waals surface area contributed by atoms with Gasteiger partial charge in [-0.05, 0) is 35.9 Å². The van der Waals surface area contributed by atoms with Crippen LogP contribution in [0.15, 0.2) is 42.5 Å². The number of fused-ring (bicyclic) bond motifs is 2. The van der Waals surface area contributed by atoms with Crippen molar-refractivity contribution in [1.29, 1.82) is 0 Å². The average molecular weight is 290 g/mol. The molecule has 22 heavy (non-hydrogen) atoms. The van der Waals surface area contributed by atoms with Gasteiger partial charge >= 0.3 is 5.82 Å². The van der Waals surface area contributed by atoms with Crippen molar-refractivity contribution in [2.75, 3.05) is 11.9 Å². The molecule has 0 atom stereocenters. The SMILES string of the molecule is CCc1cc2[n+](nc1CC)-c1cccc3cccc(c13)N2C. The van der Waals surface area contributed by atoms with Crippen LogP contribution in [0.25, 0.3) is 16.5 Å². The van der Waals surface area contributed by atoms with Crippen LogP contribution in [-0.2, 0) is 12.8 Å². The molecule has 2 heterocycles. The van der Waals surface area contributed by atoms with Gasteiger partial charge in [-0.1, -0.05) is 47.9 Å². The highest BCUT2D eigenvalue weighted by molar-refractivity contribution is 6.01. The Labute approximate surface area is 130 Å². The zero-order valence-corrected chi connectivity index (χ0v) is 13.3. The summed E-state index contributed by atoms with van der Waals surface area (Å²) in [5.41, 5.74) is 4.96. The van der Waals surface area contributed by atoms with E-state index in [0.717, 1.165) is 18.7 Å². The van der Waals surface area contributed by atoms with Crippen molar-refractivity contribution < 1.29 is 4.68 Å². The maximum Gasteiger partial charge on any atom is 0.308 e. The highest BCUT2D eigenvalue weighted by atomic mass is 15.4. The van der Waals surface area contributed by atoms with Gasteiger partial charge in [-0.25, -0.2) is 4.90 Å². The zero-order chi connectivity index (χ0) is 15.3. The predicted octanol–water partition coefficient (Wildman–Crippen LogP) is 3.72. The van der Waals surface area contributed by atoms with E-state index in [1.807, 2.05) is 0 Å². The molecule has 3 aromatic rings. The van der Waals surface area contributed by atoms with Gasteiger partial charge in [0.25, 0.3) is 0 Å². The van der Waals surface area contributed by atoms with Gasteiger partial charge < -0.3 is 0 Å². The highest BCUT2D eigenvalue weighted by Gasteiger charge is 2.31. The minimum atomic E-state index is 0.963. The normalized spacial score (nSPS) is 12.6. The zero-order valence-electron chi connectivity index (χ0n) is 13.3. The van der Waals surface area contributed by atoms with E-state index < -0.39 is 0 Å². The Balaban J connectivity index is 2.12. The standard InChI is InChI=1S/C19H20N3/c1-4-13-12-18-21(3)16-10-6-8-14-9-7-11-17(19(14)16)22(18)20-15(13)5-2/h6-12H,4-5H2,1-3H3/q+1. The first-order chi connectivity index (χ1) is 10.7. The molecule has 0 unspecified atom stereocenters. The number of anilines is 2. The monoisotopic (exact) mass is 290 g/mol. The summed E-state index contributed by atoms with van der Waals surface area (Å²) in [5.74, 6) is 1.14. The van der Waals surface area contributed by atoms with Crippen molar-refractivity contribution in [3.8, 4) is 5.69 Å². The molecule has 0 N–H and O–H groups in total. The molecule has 0 saturated heterocycles. The van der Waals surface area contributed by atoms with Gasteiger partial charge in [-0.3, -0.25) is 0 Å². The fraction of sp³-hybridized carbons (Fsp3) is 0.263. The van der Waals surface area contributed by atoms with E-state index in [2.05, 4.69) is 72.9 Å². The minimum absolute atomic E-state index is 0.963. The van der Waals surface area contributed by atoms with Crippen LogP contribution in [0.4, 0.5) is 11.5 Å². The summed E-state index contributed by atoms with van der Waals surface area (Å²) in [4.78, 5) is 2.25. The van der Waals surface area contributed by atoms with Gasteiger partial charge in [0, 0.05) is 6.07 Å². The molecule has 0 spiro atoms. The van der Waals surface area contributed by atoms with E-state index in [4.69, 9.17) is 5.10 Å². The molecule has 2 aromatic carbocycles. The molecule has 3 nitrogen and oxygen atoms in total. The van der Waals surface area contributed by atoms with Gasteiger partial charge in [0.1, 0.15) is 5.69 Å². The lowest BCUT2D eigenvalue weighted by atomic mass is 10.0. The number of hydrogen-bond acceptors (Lipinski definition) is 2. The molecule has 1 aliphatic rings. The maximum absolute atomic E-state index is 4.95. The Bertz CT molecular complexity index is 878. The number of aryl methyl sites for hydroxylation is 2. The topological polar surface area (TPSA) is 20.0 Å². The summed E-state index contributed by atoms with van der Waals surface area (Å²) in [7, 11) is 2.13. The third-order valence-corrected chi connectivity index (χ3v) is 4.62. The largest absolute Gasteiger partial charge is 0.308 e. The quantitative estimate of drug-likeness (QED) is 0.670. The molecule has 0 radical (unpaired) electrons. The van der Waals surface area contributed by atoms with E-state index in [-0.39, 0.29) is 0 Å². The summed E-state index contributed by atoms with van der Waals surface area (Å²) in [6.07, 6.45) is 1.98. The second-order valence-corrected chi connectivity index (χ2v) is 5.80. The Hall–Kier alpha value is -2.42. The van der Waals surface area contributed by atoms with E-state index >= 15 is 0 Å². The highest BCUT2D eigenvalue weighted by Crippen LogP contribution is 2.36. The van der Waals surface area contributed by atoms with Crippen LogP contribution in [0.3, 0.4) is 0 Å². The van der Waals surface area contributed by atoms with Crippen molar-refractivity contribution in [3.05, 3.63) is 53.7 Å². The molecular weight excluding hydrogens is 270 g/mol. The molecule has 0 bridgehead atoms. The molecule has 0 amide bonds. The van der Waals surface area contributed by atoms with Gasteiger partial charge in [0.15, 0.2) is 5.69 Å². The summed E-state index contributed by atoms with van der Waals surface area (Å²) in [6.45, 7) is 4.38. The van der Waals surface area contributed by atoms with Crippen molar-refractivity contribution in [3.63, 3.8) is 0 Å². The third-order valence-electron chi connectivity index (χ3n) is 4.62. The number of benzene rings is 2. The van der Waals surface area contributed by atoms with Gasteiger partial charge in [0.05, 0.1) is 18.1 Å². The smallest absolute Gasteiger partial charge is 0.227 e. The predicted molar refractivity (Wildman–Crippen MR) is 90.1 cm³/mol. The van der Waals surface area contributed by atoms with Crippen molar-refractivity contribution >= 4 is 22.3 Å². The van der Waals surface area contributed by atoms with E-state index in [9.17, 15) is 0 Å². The summed E-state index contributed by atoms with van der Waals surface area (Å²) in [6, 6.07) is 15.2. The van der Waals surface area contributed by atoms with Gasteiger partial charge in [-0.2, -0.15) is 0 Å².